The zero-order valence-electron chi connectivity index (χ0n) is 10.2. The normalized spacial score (nSPS) is 18.9. The number of anilines is 1. The molecule has 1 saturated heterocycles. The number of carboxylic acids is 1. The lowest BCUT2D eigenvalue weighted by atomic mass is 10.1. The summed E-state index contributed by atoms with van der Waals surface area (Å²) in [6.07, 6.45) is 2.08. The van der Waals surface area contributed by atoms with Crippen LogP contribution in [0.3, 0.4) is 0 Å². The Balaban J connectivity index is 2.20. The molecule has 0 aliphatic carbocycles. The van der Waals surface area contributed by atoms with Crippen molar-refractivity contribution in [3.8, 4) is 0 Å². The number of carboxylic acid groups (broad SMARTS) is 1. The van der Waals surface area contributed by atoms with Crippen LogP contribution < -0.4 is 4.90 Å². The second kappa shape index (κ2) is 5.35. The van der Waals surface area contributed by atoms with Crippen molar-refractivity contribution in [1.82, 2.24) is 0 Å². The SMILES string of the molecule is CN(CC1CCCO1)c1cccc(F)c1C(=O)O. The number of hydrogen-bond acceptors (Lipinski definition) is 3. The second-order valence-electron chi connectivity index (χ2n) is 4.45. The van der Waals surface area contributed by atoms with Crippen LogP contribution in [0, 0.1) is 5.82 Å². The van der Waals surface area contributed by atoms with Crippen molar-refractivity contribution in [3.05, 3.63) is 29.6 Å². The number of ether oxygens (including phenoxy) is 1. The number of halogens is 1. The molecule has 1 atom stereocenters. The van der Waals surface area contributed by atoms with Gasteiger partial charge in [-0.15, -0.1) is 0 Å². The molecule has 4 nitrogen and oxygen atoms in total. The summed E-state index contributed by atoms with van der Waals surface area (Å²) in [6.45, 7) is 1.32. The third-order valence-electron chi connectivity index (χ3n) is 3.12. The number of carbonyl (C=O) groups is 1. The Bertz CT molecular complexity index is 444. The summed E-state index contributed by atoms with van der Waals surface area (Å²) in [4.78, 5) is 12.8. The van der Waals surface area contributed by atoms with Gasteiger partial charge < -0.3 is 14.7 Å². The van der Waals surface area contributed by atoms with Gasteiger partial charge in [0.2, 0.25) is 0 Å². The standard InChI is InChI=1S/C13H16FNO3/c1-15(8-9-4-3-7-18-9)11-6-2-5-10(14)12(11)13(16)17/h2,5-6,9H,3-4,7-8H2,1H3,(H,16,17). The van der Waals surface area contributed by atoms with Crippen molar-refractivity contribution in [2.75, 3.05) is 25.1 Å². The summed E-state index contributed by atoms with van der Waals surface area (Å²) in [5.74, 6) is -1.96. The fourth-order valence-electron chi connectivity index (χ4n) is 2.23. The van der Waals surface area contributed by atoms with Crippen LogP contribution in [-0.2, 0) is 4.74 Å². The van der Waals surface area contributed by atoms with Gasteiger partial charge in [-0.25, -0.2) is 9.18 Å². The Hall–Kier alpha value is -1.62. The summed E-state index contributed by atoms with van der Waals surface area (Å²) in [5, 5.41) is 9.06. The molecule has 1 heterocycles. The monoisotopic (exact) mass is 253 g/mol. The van der Waals surface area contributed by atoms with Crippen LogP contribution in [-0.4, -0.2) is 37.4 Å². The van der Waals surface area contributed by atoms with Crippen LogP contribution in [0.4, 0.5) is 10.1 Å². The van der Waals surface area contributed by atoms with Crippen molar-refractivity contribution >= 4 is 11.7 Å². The van der Waals surface area contributed by atoms with Crippen LogP contribution in [0.1, 0.15) is 23.2 Å². The highest BCUT2D eigenvalue weighted by Crippen LogP contribution is 2.24. The van der Waals surface area contributed by atoms with E-state index in [1.165, 1.54) is 6.07 Å². The van der Waals surface area contributed by atoms with E-state index in [1.807, 2.05) is 0 Å². The molecule has 5 heteroatoms. The molecule has 1 aromatic rings. The first kappa shape index (κ1) is 12.8. The van der Waals surface area contributed by atoms with E-state index in [9.17, 15) is 9.18 Å². The summed E-state index contributed by atoms with van der Waals surface area (Å²) < 4.78 is 19.0. The maximum Gasteiger partial charge on any atom is 0.340 e. The molecule has 98 valence electrons. The van der Waals surface area contributed by atoms with E-state index in [2.05, 4.69) is 0 Å². The fraction of sp³-hybridized carbons (Fsp3) is 0.462. The number of likely N-dealkylation sites (N-methyl/N-ethyl adjacent to an activating group) is 1. The lowest BCUT2D eigenvalue weighted by Crippen LogP contribution is -2.30. The third-order valence-corrected chi connectivity index (χ3v) is 3.12. The lowest BCUT2D eigenvalue weighted by molar-refractivity contribution is 0.0692. The van der Waals surface area contributed by atoms with Crippen LogP contribution in [0.15, 0.2) is 18.2 Å². The molecule has 0 aromatic heterocycles. The Kier molecular flexibility index (Phi) is 3.81. The van der Waals surface area contributed by atoms with Gasteiger partial charge in [0.1, 0.15) is 11.4 Å². The van der Waals surface area contributed by atoms with E-state index in [4.69, 9.17) is 9.84 Å². The van der Waals surface area contributed by atoms with Crippen LogP contribution in [0.5, 0.6) is 0 Å². The van der Waals surface area contributed by atoms with Crippen molar-refractivity contribution < 1.29 is 19.0 Å². The molecule has 2 rings (SSSR count). The molecule has 1 aliphatic rings. The van der Waals surface area contributed by atoms with Crippen molar-refractivity contribution in [3.63, 3.8) is 0 Å². The molecule has 0 radical (unpaired) electrons. The molecule has 18 heavy (non-hydrogen) atoms. The summed E-state index contributed by atoms with van der Waals surface area (Å²) in [6, 6.07) is 4.29. The molecule has 1 fully saturated rings. The van der Waals surface area contributed by atoms with Gasteiger partial charge in [-0.05, 0) is 25.0 Å². The number of aromatic carboxylic acids is 1. The van der Waals surface area contributed by atoms with Gasteiger partial charge in [-0.1, -0.05) is 6.07 Å². The largest absolute Gasteiger partial charge is 0.478 e. The predicted molar refractivity (Wildman–Crippen MR) is 65.6 cm³/mol. The zero-order chi connectivity index (χ0) is 13.1. The average molecular weight is 253 g/mol. The maximum absolute atomic E-state index is 13.5. The number of benzene rings is 1. The smallest absolute Gasteiger partial charge is 0.340 e. The van der Waals surface area contributed by atoms with Crippen LogP contribution >= 0.6 is 0 Å². The zero-order valence-corrected chi connectivity index (χ0v) is 10.2. The van der Waals surface area contributed by atoms with Gasteiger partial charge in [-0.2, -0.15) is 0 Å². The average Bonchev–Trinajstić information content (AvgIpc) is 2.80. The van der Waals surface area contributed by atoms with Crippen molar-refractivity contribution in [2.45, 2.75) is 18.9 Å². The molecule has 1 N–H and O–H groups in total. The summed E-state index contributed by atoms with van der Waals surface area (Å²) >= 11 is 0. The Morgan fingerprint density at radius 3 is 3.00 bits per heavy atom. The molecule has 1 aliphatic heterocycles. The maximum atomic E-state index is 13.5. The quantitative estimate of drug-likeness (QED) is 0.893. The Morgan fingerprint density at radius 2 is 2.39 bits per heavy atom. The van der Waals surface area contributed by atoms with E-state index in [-0.39, 0.29) is 11.7 Å². The van der Waals surface area contributed by atoms with Crippen molar-refractivity contribution in [2.24, 2.45) is 0 Å². The predicted octanol–water partition coefficient (Wildman–Crippen LogP) is 2.14. The number of nitrogens with zero attached hydrogens (tertiary/aromatic N) is 1. The molecular weight excluding hydrogens is 237 g/mol. The molecule has 0 spiro atoms. The molecule has 0 saturated carbocycles. The van der Waals surface area contributed by atoms with Gasteiger partial charge in [0, 0.05) is 20.2 Å². The molecule has 0 amide bonds. The second-order valence-corrected chi connectivity index (χ2v) is 4.45. The highest BCUT2D eigenvalue weighted by molar-refractivity contribution is 5.94. The summed E-state index contributed by atoms with van der Waals surface area (Å²) in [5.41, 5.74) is 0.107. The van der Waals surface area contributed by atoms with Gasteiger partial charge >= 0.3 is 5.97 Å². The molecule has 1 aromatic carbocycles. The van der Waals surface area contributed by atoms with E-state index < -0.39 is 11.8 Å². The lowest BCUT2D eigenvalue weighted by Gasteiger charge is -2.24. The van der Waals surface area contributed by atoms with E-state index >= 15 is 0 Å². The van der Waals surface area contributed by atoms with Gasteiger partial charge in [0.25, 0.3) is 0 Å². The van der Waals surface area contributed by atoms with Gasteiger partial charge in [0.15, 0.2) is 0 Å². The molecular formula is C13H16FNO3. The highest BCUT2D eigenvalue weighted by atomic mass is 19.1. The molecule has 0 bridgehead atoms. The third kappa shape index (κ3) is 2.61. The van der Waals surface area contributed by atoms with Crippen molar-refractivity contribution in [1.29, 1.82) is 0 Å². The minimum Gasteiger partial charge on any atom is -0.478 e. The highest BCUT2D eigenvalue weighted by Gasteiger charge is 2.22. The first-order chi connectivity index (χ1) is 8.59. The Morgan fingerprint density at radius 1 is 1.61 bits per heavy atom. The van der Waals surface area contributed by atoms with E-state index in [0.29, 0.717) is 12.2 Å². The summed E-state index contributed by atoms with van der Waals surface area (Å²) in [7, 11) is 1.75. The number of hydrogen-bond donors (Lipinski definition) is 1. The minimum absolute atomic E-state index is 0.0971. The number of rotatable bonds is 4. The van der Waals surface area contributed by atoms with Gasteiger partial charge in [0.05, 0.1) is 11.8 Å². The van der Waals surface area contributed by atoms with Crippen LogP contribution in [0.2, 0.25) is 0 Å². The first-order valence-corrected chi connectivity index (χ1v) is 5.94. The molecule has 1 unspecified atom stereocenters. The van der Waals surface area contributed by atoms with E-state index in [0.717, 1.165) is 25.5 Å². The topological polar surface area (TPSA) is 49.8 Å². The van der Waals surface area contributed by atoms with Crippen LogP contribution in [0.25, 0.3) is 0 Å². The minimum atomic E-state index is -1.25. The van der Waals surface area contributed by atoms with Gasteiger partial charge in [-0.3, -0.25) is 0 Å². The van der Waals surface area contributed by atoms with E-state index in [1.54, 1.807) is 18.0 Å². The first-order valence-electron chi connectivity index (χ1n) is 5.94. The Labute approximate surface area is 105 Å². The fourth-order valence-corrected chi connectivity index (χ4v) is 2.23.